The molecule has 0 fully saturated rings. The van der Waals surface area contributed by atoms with E-state index in [-0.39, 0.29) is 23.4 Å². The predicted octanol–water partition coefficient (Wildman–Crippen LogP) is 3.33. The summed E-state index contributed by atoms with van der Waals surface area (Å²) in [6.45, 7) is 1.43. The number of amides is 2. The quantitative estimate of drug-likeness (QED) is 0.435. The number of aromatic nitrogens is 4. The Balaban J connectivity index is 1.40. The van der Waals surface area contributed by atoms with Gasteiger partial charge in [0, 0.05) is 29.2 Å². The molecule has 2 heterocycles. The van der Waals surface area contributed by atoms with E-state index in [1.54, 1.807) is 30.3 Å². The Morgan fingerprint density at radius 2 is 1.79 bits per heavy atom. The maximum atomic E-state index is 13.4. The maximum Gasteiger partial charge on any atom is 0.234 e. The lowest BCUT2D eigenvalue weighted by atomic mass is 10.2. The van der Waals surface area contributed by atoms with Gasteiger partial charge in [-0.05, 0) is 42.5 Å². The van der Waals surface area contributed by atoms with Gasteiger partial charge in [0.25, 0.3) is 0 Å². The highest BCUT2D eigenvalue weighted by Crippen LogP contribution is 2.24. The second kappa shape index (κ2) is 7.84. The molecule has 0 spiro atoms. The van der Waals surface area contributed by atoms with Gasteiger partial charge in [-0.2, -0.15) is 0 Å². The van der Waals surface area contributed by atoms with Crippen molar-refractivity contribution in [3.8, 4) is 0 Å². The SMILES string of the molecule is CC(=O)Nc1ccc(NC(=O)CSc2nnc3c(n2)[nH]c2ccc(F)cc23)cc1. The monoisotopic (exact) mass is 410 g/mol. The first-order valence-electron chi connectivity index (χ1n) is 8.60. The number of hydrogen-bond donors (Lipinski definition) is 3. The Morgan fingerprint density at radius 3 is 2.52 bits per heavy atom. The van der Waals surface area contributed by atoms with Gasteiger partial charge in [0.15, 0.2) is 5.65 Å². The summed E-state index contributed by atoms with van der Waals surface area (Å²) in [5.74, 6) is -0.663. The van der Waals surface area contributed by atoms with Gasteiger partial charge in [0.05, 0.1) is 5.75 Å². The van der Waals surface area contributed by atoms with Crippen LogP contribution in [0.1, 0.15) is 6.92 Å². The number of thioether (sulfide) groups is 1. The molecule has 0 atom stereocenters. The van der Waals surface area contributed by atoms with Crippen molar-refractivity contribution >= 4 is 57.0 Å². The Hall–Kier alpha value is -3.53. The lowest BCUT2D eigenvalue weighted by Gasteiger charge is -2.06. The van der Waals surface area contributed by atoms with Gasteiger partial charge in [-0.15, -0.1) is 10.2 Å². The zero-order valence-corrected chi connectivity index (χ0v) is 16.0. The first kappa shape index (κ1) is 18.8. The average Bonchev–Trinajstić information content (AvgIpc) is 3.04. The Morgan fingerprint density at radius 1 is 1.07 bits per heavy atom. The molecule has 0 saturated heterocycles. The topological polar surface area (TPSA) is 113 Å². The lowest BCUT2D eigenvalue weighted by molar-refractivity contribution is -0.114. The van der Waals surface area contributed by atoms with Crippen LogP contribution in [0.25, 0.3) is 22.1 Å². The highest BCUT2D eigenvalue weighted by atomic mass is 32.2. The number of nitrogens with one attached hydrogen (secondary N) is 3. The van der Waals surface area contributed by atoms with Crippen LogP contribution in [0, 0.1) is 5.82 Å². The summed E-state index contributed by atoms with van der Waals surface area (Å²) in [7, 11) is 0. The van der Waals surface area contributed by atoms with E-state index in [9.17, 15) is 14.0 Å². The first-order valence-corrected chi connectivity index (χ1v) is 9.58. The highest BCUT2D eigenvalue weighted by Gasteiger charge is 2.12. The van der Waals surface area contributed by atoms with E-state index < -0.39 is 0 Å². The molecule has 10 heteroatoms. The number of benzene rings is 2. The third-order valence-electron chi connectivity index (χ3n) is 3.98. The number of fused-ring (bicyclic) bond motifs is 3. The number of halogens is 1. The normalized spacial score (nSPS) is 11.0. The van der Waals surface area contributed by atoms with Crippen molar-refractivity contribution in [2.75, 3.05) is 16.4 Å². The van der Waals surface area contributed by atoms with E-state index in [1.165, 1.54) is 19.1 Å². The van der Waals surface area contributed by atoms with Crippen molar-refractivity contribution in [1.29, 1.82) is 0 Å². The molecule has 0 unspecified atom stereocenters. The summed E-state index contributed by atoms with van der Waals surface area (Å²) in [5, 5.41) is 14.5. The standard InChI is InChI=1S/C19H15FN6O2S/c1-10(27)21-12-3-5-13(6-4-12)22-16(28)9-29-19-24-18-17(25-26-19)14-8-11(20)2-7-15(14)23-18/h2-8H,9H2,1H3,(H,21,27)(H,22,28)(H,23,24,26). The molecule has 0 aliphatic rings. The summed E-state index contributed by atoms with van der Waals surface area (Å²) >= 11 is 1.14. The number of H-pyrrole nitrogens is 1. The molecule has 0 radical (unpaired) electrons. The molecule has 0 saturated carbocycles. The van der Waals surface area contributed by atoms with E-state index in [2.05, 4.69) is 30.8 Å². The smallest absolute Gasteiger partial charge is 0.234 e. The van der Waals surface area contributed by atoms with Gasteiger partial charge in [0.2, 0.25) is 17.0 Å². The summed E-state index contributed by atoms with van der Waals surface area (Å²) in [6.07, 6.45) is 0. The summed E-state index contributed by atoms with van der Waals surface area (Å²) in [4.78, 5) is 30.6. The number of nitrogens with zero attached hydrogens (tertiary/aromatic N) is 3. The van der Waals surface area contributed by atoms with Gasteiger partial charge >= 0.3 is 0 Å². The number of hydrogen-bond acceptors (Lipinski definition) is 6. The molecule has 2 amide bonds. The van der Waals surface area contributed by atoms with E-state index in [0.29, 0.717) is 38.6 Å². The van der Waals surface area contributed by atoms with Gasteiger partial charge < -0.3 is 15.6 Å². The molecule has 2 aromatic heterocycles. The molecule has 3 N–H and O–H groups in total. The number of rotatable bonds is 5. The largest absolute Gasteiger partial charge is 0.338 e. The third kappa shape index (κ3) is 4.32. The van der Waals surface area contributed by atoms with Crippen molar-refractivity contribution < 1.29 is 14.0 Å². The minimum atomic E-state index is -0.361. The van der Waals surface area contributed by atoms with Gasteiger partial charge in [-0.3, -0.25) is 9.59 Å². The fraction of sp³-hybridized carbons (Fsp3) is 0.105. The van der Waals surface area contributed by atoms with Crippen molar-refractivity contribution in [3.05, 3.63) is 48.3 Å². The molecule has 146 valence electrons. The predicted molar refractivity (Wildman–Crippen MR) is 109 cm³/mol. The molecule has 4 rings (SSSR count). The van der Waals surface area contributed by atoms with Crippen molar-refractivity contribution in [1.82, 2.24) is 20.2 Å². The molecule has 0 aliphatic heterocycles. The summed E-state index contributed by atoms with van der Waals surface area (Å²) in [5.41, 5.74) is 2.93. The van der Waals surface area contributed by atoms with Crippen molar-refractivity contribution in [3.63, 3.8) is 0 Å². The van der Waals surface area contributed by atoms with Crippen molar-refractivity contribution in [2.45, 2.75) is 12.1 Å². The minimum absolute atomic E-state index is 0.0927. The van der Waals surface area contributed by atoms with Gasteiger partial charge in [0.1, 0.15) is 11.3 Å². The van der Waals surface area contributed by atoms with Crippen LogP contribution >= 0.6 is 11.8 Å². The van der Waals surface area contributed by atoms with Gasteiger partial charge in [-0.1, -0.05) is 11.8 Å². The molecule has 0 aliphatic carbocycles. The van der Waals surface area contributed by atoms with E-state index in [1.807, 2.05) is 0 Å². The molecule has 2 aromatic carbocycles. The van der Waals surface area contributed by atoms with E-state index in [4.69, 9.17) is 0 Å². The second-order valence-corrected chi connectivity index (χ2v) is 7.14. The Kier molecular flexibility index (Phi) is 5.09. The number of carbonyl (C=O) groups excluding carboxylic acids is 2. The summed E-state index contributed by atoms with van der Waals surface area (Å²) in [6, 6.07) is 11.1. The minimum Gasteiger partial charge on any atom is -0.338 e. The van der Waals surface area contributed by atoms with Gasteiger partial charge in [-0.25, -0.2) is 9.37 Å². The second-order valence-electron chi connectivity index (χ2n) is 6.20. The van der Waals surface area contributed by atoms with Crippen LogP contribution in [0.4, 0.5) is 15.8 Å². The fourth-order valence-corrected chi connectivity index (χ4v) is 3.34. The van der Waals surface area contributed by atoms with Crippen LogP contribution in [0.3, 0.4) is 0 Å². The van der Waals surface area contributed by atoms with E-state index in [0.717, 1.165) is 11.8 Å². The molecular weight excluding hydrogens is 395 g/mol. The van der Waals surface area contributed by atoms with Crippen LogP contribution in [0.5, 0.6) is 0 Å². The first-order chi connectivity index (χ1) is 14.0. The molecular formula is C19H15FN6O2S. The number of anilines is 2. The van der Waals surface area contributed by atoms with Crippen molar-refractivity contribution in [2.24, 2.45) is 0 Å². The third-order valence-corrected chi connectivity index (χ3v) is 4.82. The number of aromatic amines is 1. The van der Waals surface area contributed by atoms with Crippen LogP contribution in [-0.2, 0) is 9.59 Å². The average molecular weight is 410 g/mol. The molecule has 29 heavy (non-hydrogen) atoms. The fourth-order valence-electron chi connectivity index (χ4n) is 2.76. The lowest BCUT2D eigenvalue weighted by Crippen LogP contribution is -2.14. The van der Waals surface area contributed by atoms with E-state index >= 15 is 0 Å². The highest BCUT2D eigenvalue weighted by molar-refractivity contribution is 7.99. The molecule has 0 bridgehead atoms. The summed E-state index contributed by atoms with van der Waals surface area (Å²) < 4.78 is 13.4. The van der Waals surface area contributed by atoms with Crippen LogP contribution < -0.4 is 10.6 Å². The van der Waals surface area contributed by atoms with Crippen LogP contribution in [0.2, 0.25) is 0 Å². The molecule has 4 aromatic rings. The Labute approximate surface area is 168 Å². The van der Waals surface area contributed by atoms with Crippen LogP contribution in [0.15, 0.2) is 47.6 Å². The maximum absolute atomic E-state index is 13.4. The van der Waals surface area contributed by atoms with Crippen LogP contribution in [-0.4, -0.2) is 37.7 Å². The zero-order chi connectivity index (χ0) is 20.4. The zero-order valence-electron chi connectivity index (χ0n) is 15.2. The number of carbonyl (C=O) groups is 2. The Bertz CT molecular complexity index is 1220. The molecule has 8 nitrogen and oxygen atoms in total.